The molecule has 1 heterocycles. The molecular weight excluding hydrogens is 200 g/mol. The first-order valence-corrected chi connectivity index (χ1v) is 5.59. The lowest BCUT2D eigenvalue weighted by Crippen LogP contribution is -2.24. The van der Waals surface area contributed by atoms with Crippen LogP contribution < -0.4 is 10.6 Å². The van der Waals surface area contributed by atoms with Gasteiger partial charge in [0.2, 0.25) is 0 Å². The molecule has 1 aliphatic carbocycles. The maximum Gasteiger partial charge on any atom is 0.125 e. The Hall–Kier alpha value is -1.58. The molecule has 0 aliphatic heterocycles. The minimum Gasteiger partial charge on any atom is -0.384 e. The van der Waals surface area contributed by atoms with Crippen LogP contribution in [-0.2, 0) is 0 Å². The molecule has 1 aromatic heterocycles. The molecule has 2 unspecified atom stereocenters. The molecule has 1 aliphatic rings. The van der Waals surface area contributed by atoms with Gasteiger partial charge in [-0.05, 0) is 24.3 Å². The number of aromatic nitrogens is 1. The van der Waals surface area contributed by atoms with Crippen LogP contribution in [0.5, 0.6) is 0 Å². The molecule has 1 aromatic rings. The second kappa shape index (κ2) is 4.12. The average molecular weight is 218 g/mol. The van der Waals surface area contributed by atoms with Crippen LogP contribution in [0.25, 0.3) is 0 Å². The van der Waals surface area contributed by atoms with Crippen molar-refractivity contribution in [1.82, 2.24) is 4.98 Å². The Morgan fingerprint density at radius 2 is 2.38 bits per heavy atom. The summed E-state index contributed by atoms with van der Waals surface area (Å²) in [4.78, 5) is 6.25. The average Bonchev–Trinajstić information content (AvgIpc) is 2.94. The Morgan fingerprint density at radius 1 is 1.69 bits per heavy atom. The SMILES string of the molecule is CC1CC1CN(C)c1cnccc1C(=N)N. The van der Waals surface area contributed by atoms with Crippen molar-refractivity contribution in [2.24, 2.45) is 17.6 Å². The largest absolute Gasteiger partial charge is 0.384 e. The zero-order valence-corrected chi connectivity index (χ0v) is 9.77. The maximum absolute atomic E-state index is 7.53. The summed E-state index contributed by atoms with van der Waals surface area (Å²) in [6, 6.07) is 1.80. The highest BCUT2D eigenvalue weighted by molar-refractivity contribution is 6.00. The van der Waals surface area contributed by atoms with E-state index in [1.807, 2.05) is 7.05 Å². The third-order valence-corrected chi connectivity index (χ3v) is 3.29. The van der Waals surface area contributed by atoms with Crippen LogP contribution in [0.3, 0.4) is 0 Å². The molecule has 0 radical (unpaired) electrons. The van der Waals surface area contributed by atoms with Crippen LogP contribution in [0.15, 0.2) is 18.5 Å². The van der Waals surface area contributed by atoms with E-state index in [9.17, 15) is 0 Å². The molecule has 0 amide bonds. The Balaban J connectivity index is 2.15. The van der Waals surface area contributed by atoms with Gasteiger partial charge < -0.3 is 10.6 Å². The number of nitrogen functional groups attached to an aromatic ring is 1. The van der Waals surface area contributed by atoms with Crippen LogP contribution >= 0.6 is 0 Å². The van der Waals surface area contributed by atoms with Gasteiger partial charge in [0.1, 0.15) is 5.84 Å². The Kier molecular flexibility index (Phi) is 2.81. The lowest BCUT2D eigenvalue weighted by molar-refractivity contribution is 0.724. The van der Waals surface area contributed by atoms with E-state index in [0.717, 1.165) is 29.6 Å². The van der Waals surface area contributed by atoms with Crippen LogP contribution in [0, 0.1) is 17.2 Å². The Labute approximate surface area is 96.0 Å². The number of anilines is 1. The van der Waals surface area contributed by atoms with Crippen LogP contribution in [-0.4, -0.2) is 24.4 Å². The van der Waals surface area contributed by atoms with Crippen molar-refractivity contribution in [3.8, 4) is 0 Å². The van der Waals surface area contributed by atoms with Gasteiger partial charge in [0, 0.05) is 25.4 Å². The summed E-state index contributed by atoms with van der Waals surface area (Å²) >= 11 is 0. The molecule has 2 atom stereocenters. The smallest absolute Gasteiger partial charge is 0.125 e. The fourth-order valence-electron chi connectivity index (χ4n) is 2.02. The van der Waals surface area contributed by atoms with Gasteiger partial charge in [0.15, 0.2) is 0 Å². The number of nitrogens with one attached hydrogen (secondary N) is 1. The molecule has 86 valence electrons. The molecule has 1 fully saturated rings. The van der Waals surface area contributed by atoms with E-state index < -0.39 is 0 Å². The summed E-state index contributed by atoms with van der Waals surface area (Å²) in [6.45, 7) is 3.29. The molecule has 4 nitrogen and oxygen atoms in total. The van der Waals surface area contributed by atoms with Crippen LogP contribution in [0.1, 0.15) is 18.9 Å². The van der Waals surface area contributed by atoms with Crippen molar-refractivity contribution in [3.05, 3.63) is 24.0 Å². The lowest BCUT2D eigenvalue weighted by atomic mass is 10.2. The molecule has 0 bridgehead atoms. The summed E-state index contributed by atoms with van der Waals surface area (Å²) < 4.78 is 0. The van der Waals surface area contributed by atoms with E-state index >= 15 is 0 Å². The van der Waals surface area contributed by atoms with Crippen molar-refractivity contribution in [1.29, 1.82) is 5.41 Å². The maximum atomic E-state index is 7.53. The van der Waals surface area contributed by atoms with Gasteiger partial charge in [-0.15, -0.1) is 0 Å². The van der Waals surface area contributed by atoms with Crippen molar-refractivity contribution in [2.75, 3.05) is 18.5 Å². The zero-order chi connectivity index (χ0) is 11.7. The van der Waals surface area contributed by atoms with Gasteiger partial charge >= 0.3 is 0 Å². The molecule has 3 N–H and O–H groups in total. The van der Waals surface area contributed by atoms with Crippen molar-refractivity contribution in [3.63, 3.8) is 0 Å². The molecule has 16 heavy (non-hydrogen) atoms. The number of nitrogens with zero attached hydrogens (tertiary/aromatic N) is 2. The molecule has 0 saturated heterocycles. The number of hydrogen-bond acceptors (Lipinski definition) is 3. The molecule has 0 spiro atoms. The third kappa shape index (κ3) is 2.15. The highest BCUT2D eigenvalue weighted by atomic mass is 15.1. The Bertz CT molecular complexity index is 402. The minimum atomic E-state index is 0.105. The number of hydrogen-bond donors (Lipinski definition) is 2. The summed E-state index contributed by atoms with van der Waals surface area (Å²) in [5.41, 5.74) is 7.28. The predicted molar refractivity (Wildman–Crippen MR) is 65.8 cm³/mol. The molecular formula is C12H18N4. The molecule has 2 rings (SSSR count). The highest BCUT2D eigenvalue weighted by Crippen LogP contribution is 2.38. The van der Waals surface area contributed by atoms with E-state index in [4.69, 9.17) is 11.1 Å². The van der Waals surface area contributed by atoms with E-state index in [0.29, 0.717) is 0 Å². The van der Waals surface area contributed by atoms with E-state index in [1.165, 1.54) is 6.42 Å². The second-order valence-electron chi connectivity index (χ2n) is 4.66. The minimum absolute atomic E-state index is 0.105. The van der Waals surface area contributed by atoms with Crippen molar-refractivity contribution < 1.29 is 0 Å². The third-order valence-electron chi connectivity index (χ3n) is 3.29. The van der Waals surface area contributed by atoms with Gasteiger partial charge in [-0.25, -0.2) is 0 Å². The standard InChI is InChI=1S/C12H18N4/c1-8-5-9(8)7-16(2)11-6-15-4-3-10(11)12(13)14/h3-4,6,8-9H,5,7H2,1-2H3,(H3,13,14). The normalized spacial score (nSPS) is 22.9. The predicted octanol–water partition coefficient (Wildman–Crippen LogP) is 1.46. The quantitative estimate of drug-likeness (QED) is 0.594. The van der Waals surface area contributed by atoms with Gasteiger partial charge in [-0.2, -0.15) is 0 Å². The van der Waals surface area contributed by atoms with Crippen molar-refractivity contribution >= 4 is 11.5 Å². The van der Waals surface area contributed by atoms with Gasteiger partial charge in [0.05, 0.1) is 11.9 Å². The number of rotatable bonds is 4. The van der Waals surface area contributed by atoms with Crippen LogP contribution in [0.2, 0.25) is 0 Å². The summed E-state index contributed by atoms with van der Waals surface area (Å²) in [6.07, 6.45) is 4.76. The van der Waals surface area contributed by atoms with E-state index in [-0.39, 0.29) is 5.84 Å². The fraction of sp³-hybridized carbons (Fsp3) is 0.500. The number of pyridine rings is 1. The van der Waals surface area contributed by atoms with Crippen molar-refractivity contribution in [2.45, 2.75) is 13.3 Å². The number of amidine groups is 1. The summed E-state index contributed by atoms with van der Waals surface area (Å²) in [5, 5.41) is 7.53. The monoisotopic (exact) mass is 218 g/mol. The topological polar surface area (TPSA) is 66.0 Å². The molecule has 4 heteroatoms. The van der Waals surface area contributed by atoms with Crippen LogP contribution in [0.4, 0.5) is 5.69 Å². The fourth-order valence-corrected chi connectivity index (χ4v) is 2.02. The first kappa shape index (κ1) is 10.9. The lowest BCUT2D eigenvalue weighted by Gasteiger charge is -2.21. The first-order chi connectivity index (χ1) is 7.59. The molecule has 1 saturated carbocycles. The number of nitrogens with two attached hydrogens (primary N) is 1. The van der Waals surface area contributed by atoms with E-state index in [2.05, 4.69) is 16.8 Å². The zero-order valence-electron chi connectivity index (χ0n) is 9.77. The second-order valence-corrected chi connectivity index (χ2v) is 4.66. The Morgan fingerprint density at radius 3 is 2.94 bits per heavy atom. The van der Waals surface area contributed by atoms with Gasteiger partial charge in [-0.3, -0.25) is 10.4 Å². The summed E-state index contributed by atoms with van der Waals surface area (Å²) in [5.74, 6) is 1.72. The van der Waals surface area contributed by atoms with Gasteiger partial charge in [0.25, 0.3) is 0 Å². The van der Waals surface area contributed by atoms with E-state index in [1.54, 1.807) is 18.5 Å². The highest BCUT2D eigenvalue weighted by Gasteiger charge is 2.33. The first-order valence-electron chi connectivity index (χ1n) is 5.59. The van der Waals surface area contributed by atoms with Gasteiger partial charge in [-0.1, -0.05) is 6.92 Å². The molecule has 0 aromatic carbocycles. The summed E-state index contributed by atoms with van der Waals surface area (Å²) in [7, 11) is 2.04.